The zero-order chi connectivity index (χ0) is 15.2. The zero-order valence-corrected chi connectivity index (χ0v) is 12.0. The van der Waals surface area contributed by atoms with E-state index >= 15 is 0 Å². The van der Waals surface area contributed by atoms with Crippen LogP contribution >= 0.6 is 11.6 Å². The second kappa shape index (κ2) is 6.76. The first-order valence-electron chi connectivity index (χ1n) is 5.78. The molecule has 0 bridgehead atoms. The van der Waals surface area contributed by atoms with Gasteiger partial charge < -0.3 is 19.4 Å². The van der Waals surface area contributed by atoms with Crippen molar-refractivity contribution in [2.24, 2.45) is 5.16 Å². The Hall–Kier alpha value is -2.54. The second-order valence-electron chi connectivity index (χ2n) is 3.73. The van der Waals surface area contributed by atoms with E-state index in [-0.39, 0.29) is 17.8 Å². The molecule has 0 amide bonds. The number of halogens is 1. The third kappa shape index (κ3) is 3.51. The molecule has 0 spiro atoms. The molecule has 8 heteroatoms. The SMILES string of the molecule is COc1cc(OC)nc(Oc2cccc(Cl)c2/C=N/O)n1. The predicted octanol–water partition coefficient (Wildman–Crippen LogP) is 2.75. The summed E-state index contributed by atoms with van der Waals surface area (Å²) < 4.78 is 15.6. The highest BCUT2D eigenvalue weighted by Crippen LogP contribution is 2.29. The zero-order valence-electron chi connectivity index (χ0n) is 11.3. The summed E-state index contributed by atoms with van der Waals surface area (Å²) in [6.07, 6.45) is 1.16. The molecule has 0 aliphatic heterocycles. The van der Waals surface area contributed by atoms with Crippen molar-refractivity contribution in [3.05, 3.63) is 34.9 Å². The van der Waals surface area contributed by atoms with Gasteiger partial charge in [-0.3, -0.25) is 0 Å². The van der Waals surface area contributed by atoms with Gasteiger partial charge in [0.05, 0.1) is 37.1 Å². The summed E-state index contributed by atoms with van der Waals surface area (Å²) in [7, 11) is 2.93. The lowest BCUT2D eigenvalue weighted by Crippen LogP contribution is -1.99. The van der Waals surface area contributed by atoms with Gasteiger partial charge in [-0.25, -0.2) is 0 Å². The van der Waals surface area contributed by atoms with E-state index in [9.17, 15) is 0 Å². The number of aromatic nitrogens is 2. The third-order valence-electron chi connectivity index (χ3n) is 2.48. The molecule has 2 rings (SSSR count). The Labute approximate surface area is 125 Å². The Bertz CT molecular complexity index is 642. The van der Waals surface area contributed by atoms with Crippen LogP contribution in [0.2, 0.25) is 5.02 Å². The molecule has 0 saturated heterocycles. The molecule has 21 heavy (non-hydrogen) atoms. The molecule has 0 unspecified atom stereocenters. The highest BCUT2D eigenvalue weighted by molar-refractivity contribution is 6.33. The topological polar surface area (TPSA) is 86.1 Å². The maximum Gasteiger partial charge on any atom is 0.328 e. The van der Waals surface area contributed by atoms with Gasteiger partial charge in [0.25, 0.3) is 0 Å². The molecule has 0 atom stereocenters. The van der Waals surface area contributed by atoms with Crippen molar-refractivity contribution in [1.29, 1.82) is 0 Å². The molecule has 1 heterocycles. The Morgan fingerprint density at radius 2 is 1.86 bits per heavy atom. The van der Waals surface area contributed by atoms with E-state index in [1.165, 1.54) is 20.3 Å². The number of hydrogen-bond donors (Lipinski definition) is 1. The number of methoxy groups -OCH3 is 2. The van der Waals surface area contributed by atoms with Gasteiger partial charge in [0.2, 0.25) is 11.8 Å². The Morgan fingerprint density at radius 3 is 2.43 bits per heavy atom. The van der Waals surface area contributed by atoms with Crippen molar-refractivity contribution < 1.29 is 19.4 Å². The summed E-state index contributed by atoms with van der Waals surface area (Å²) >= 11 is 6.02. The van der Waals surface area contributed by atoms with Crippen molar-refractivity contribution in [1.82, 2.24) is 9.97 Å². The van der Waals surface area contributed by atoms with Crippen molar-refractivity contribution in [2.75, 3.05) is 14.2 Å². The Kier molecular flexibility index (Phi) is 4.78. The molecule has 0 radical (unpaired) electrons. The Morgan fingerprint density at radius 1 is 1.19 bits per heavy atom. The molecule has 0 fully saturated rings. The Balaban J connectivity index is 2.40. The number of ether oxygens (including phenoxy) is 3. The molecule has 7 nitrogen and oxygen atoms in total. The van der Waals surface area contributed by atoms with Crippen LogP contribution in [0.3, 0.4) is 0 Å². The predicted molar refractivity (Wildman–Crippen MR) is 76.0 cm³/mol. The van der Waals surface area contributed by atoms with Crippen molar-refractivity contribution >= 4 is 17.8 Å². The van der Waals surface area contributed by atoms with Gasteiger partial charge in [0, 0.05) is 0 Å². The van der Waals surface area contributed by atoms with Crippen LogP contribution in [-0.4, -0.2) is 35.6 Å². The average Bonchev–Trinajstić information content (AvgIpc) is 2.50. The number of nitrogens with zero attached hydrogens (tertiary/aromatic N) is 3. The largest absolute Gasteiger partial charge is 0.481 e. The minimum Gasteiger partial charge on any atom is -0.481 e. The molecule has 0 aliphatic carbocycles. The van der Waals surface area contributed by atoms with Crippen LogP contribution in [-0.2, 0) is 0 Å². The van der Waals surface area contributed by atoms with Gasteiger partial charge in [0.15, 0.2) is 0 Å². The summed E-state index contributed by atoms with van der Waals surface area (Å²) in [6.45, 7) is 0. The van der Waals surface area contributed by atoms with Crippen molar-refractivity contribution in [3.63, 3.8) is 0 Å². The van der Waals surface area contributed by atoms with E-state index in [1.54, 1.807) is 18.2 Å². The van der Waals surface area contributed by atoms with E-state index in [1.807, 2.05) is 0 Å². The molecular weight excluding hydrogens is 298 g/mol. The van der Waals surface area contributed by atoms with E-state index in [2.05, 4.69) is 15.1 Å². The van der Waals surface area contributed by atoms with E-state index in [0.717, 1.165) is 6.21 Å². The number of benzene rings is 1. The van der Waals surface area contributed by atoms with Crippen molar-refractivity contribution in [3.8, 4) is 23.5 Å². The quantitative estimate of drug-likeness (QED) is 0.519. The summed E-state index contributed by atoms with van der Waals surface area (Å²) in [5.41, 5.74) is 0.395. The highest BCUT2D eigenvalue weighted by atomic mass is 35.5. The van der Waals surface area contributed by atoms with E-state index in [4.69, 9.17) is 31.0 Å². The van der Waals surface area contributed by atoms with Crippen LogP contribution in [0.15, 0.2) is 29.4 Å². The first-order chi connectivity index (χ1) is 10.2. The van der Waals surface area contributed by atoms with Crippen LogP contribution in [0.4, 0.5) is 0 Å². The first kappa shape index (κ1) is 14.9. The van der Waals surface area contributed by atoms with E-state index < -0.39 is 0 Å². The average molecular weight is 310 g/mol. The van der Waals surface area contributed by atoms with Crippen LogP contribution in [0.25, 0.3) is 0 Å². The number of oxime groups is 1. The maximum atomic E-state index is 8.68. The second-order valence-corrected chi connectivity index (χ2v) is 4.14. The summed E-state index contributed by atoms with van der Waals surface area (Å²) in [4.78, 5) is 8.08. The van der Waals surface area contributed by atoms with Crippen LogP contribution in [0, 0.1) is 0 Å². The number of hydrogen-bond acceptors (Lipinski definition) is 7. The lowest BCUT2D eigenvalue weighted by molar-refractivity contribution is 0.321. The fraction of sp³-hybridized carbons (Fsp3) is 0.154. The third-order valence-corrected chi connectivity index (χ3v) is 2.81. The van der Waals surface area contributed by atoms with Gasteiger partial charge in [0.1, 0.15) is 5.75 Å². The van der Waals surface area contributed by atoms with Crippen LogP contribution in [0.5, 0.6) is 23.5 Å². The smallest absolute Gasteiger partial charge is 0.328 e. The minimum absolute atomic E-state index is 0.0149. The van der Waals surface area contributed by atoms with Gasteiger partial charge >= 0.3 is 6.01 Å². The van der Waals surface area contributed by atoms with Gasteiger partial charge in [-0.2, -0.15) is 9.97 Å². The monoisotopic (exact) mass is 309 g/mol. The lowest BCUT2D eigenvalue weighted by atomic mass is 10.2. The summed E-state index contributed by atoms with van der Waals surface area (Å²) in [5, 5.41) is 12.0. The fourth-order valence-corrected chi connectivity index (χ4v) is 1.74. The van der Waals surface area contributed by atoms with Gasteiger partial charge in [-0.1, -0.05) is 22.8 Å². The van der Waals surface area contributed by atoms with Crippen LogP contribution < -0.4 is 14.2 Å². The highest BCUT2D eigenvalue weighted by Gasteiger charge is 2.12. The van der Waals surface area contributed by atoms with Gasteiger partial charge in [-0.15, -0.1) is 0 Å². The van der Waals surface area contributed by atoms with Crippen LogP contribution in [0.1, 0.15) is 5.56 Å². The molecule has 0 aliphatic rings. The fourth-order valence-electron chi connectivity index (χ4n) is 1.53. The minimum atomic E-state index is 0.0149. The molecule has 1 aromatic heterocycles. The molecule has 2 aromatic rings. The summed E-state index contributed by atoms with van der Waals surface area (Å²) in [5.74, 6) is 0.906. The maximum absolute atomic E-state index is 8.68. The molecular formula is C13H12ClN3O4. The molecule has 110 valence electrons. The van der Waals surface area contributed by atoms with E-state index in [0.29, 0.717) is 16.3 Å². The molecule has 1 aromatic carbocycles. The lowest BCUT2D eigenvalue weighted by Gasteiger charge is -2.10. The normalized spacial score (nSPS) is 10.6. The van der Waals surface area contributed by atoms with Gasteiger partial charge in [-0.05, 0) is 12.1 Å². The summed E-state index contributed by atoms with van der Waals surface area (Å²) in [6, 6.07) is 6.49. The molecule has 1 N–H and O–H groups in total. The number of rotatable bonds is 5. The first-order valence-corrected chi connectivity index (χ1v) is 6.16. The molecule has 0 saturated carbocycles. The van der Waals surface area contributed by atoms with Crippen molar-refractivity contribution in [2.45, 2.75) is 0 Å². The standard InChI is InChI=1S/C13H12ClN3O4/c1-19-11-6-12(20-2)17-13(16-11)21-10-5-3-4-9(14)8(10)7-15-18/h3-7,18H,1-2H3/b15-7+.